The number of methoxy groups -OCH3 is 1. The molecule has 0 spiro atoms. The van der Waals surface area contributed by atoms with Crippen LogP contribution in [0.15, 0.2) is 61.4 Å². The molecular formula is C26H23N5O2S. The van der Waals surface area contributed by atoms with E-state index in [2.05, 4.69) is 28.7 Å². The van der Waals surface area contributed by atoms with Gasteiger partial charge in [0.1, 0.15) is 23.6 Å². The fourth-order valence-corrected chi connectivity index (χ4v) is 5.25. The Hall–Kier alpha value is -4.04. The highest BCUT2D eigenvalue weighted by Gasteiger charge is 2.20. The molecule has 0 atom stereocenters. The van der Waals surface area contributed by atoms with E-state index in [1.54, 1.807) is 18.4 Å². The lowest BCUT2D eigenvalue weighted by atomic mass is 10.1. The van der Waals surface area contributed by atoms with Crippen LogP contribution in [0.5, 0.6) is 5.75 Å². The molecule has 0 saturated carbocycles. The highest BCUT2D eigenvalue weighted by Crippen LogP contribution is 2.41. The van der Waals surface area contributed by atoms with Crippen LogP contribution in [-0.4, -0.2) is 32.6 Å². The molecule has 3 heterocycles. The molecule has 0 unspecified atom stereocenters. The third kappa shape index (κ3) is 3.92. The van der Waals surface area contributed by atoms with Gasteiger partial charge in [0.05, 0.1) is 28.6 Å². The summed E-state index contributed by atoms with van der Waals surface area (Å²) in [5.74, 6) is 1.21. The molecule has 0 aliphatic rings. The number of hydrogen-bond acceptors (Lipinski definition) is 7. The number of ether oxygens (including phenoxy) is 1. The van der Waals surface area contributed by atoms with Crippen LogP contribution in [0.4, 0.5) is 5.82 Å². The molecule has 170 valence electrons. The van der Waals surface area contributed by atoms with Crippen LogP contribution in [0, 0.1) is 6.92 Å². The maximum absolute atomic E-state index is 11.8. The van der Waals surface area contributed by atoms with E-state index < -0.39 is 0 Å². The van der Waals surface area contributed by atoms with Gasteiger partial charge in [-0.1, -0.05) is 36.9 Å². The van der Waals surface area contributed by atoms with Crippen molar-refractivity contribution in [1.82, 2.24) is 19.7 Å². The van der Waals surface area contributed by atoms with Crippen LogP contribution in [0.25, 0.3) is 31.7 Å². The highest BCUT2D eigenvalue weighted by atomic mass is 32.1. The van der Waals surface area contributed by atoms with Gasteiger partial charge in [-0.15, -0.1) is 11.3 Å². The van der Waals surface area contributed by atoms with Gasteiger partial charge in [0.15, 0.2) is 11.4 Å². The van der Waals surface area contributed by atoms with E-state index in [9.17, 15) is 4.79 Å². The Bertz CT molecular complexity index is 1570. The minimum Gasteiger partial charge on any atom is -0.495 e. The summed E-state index contributed by atoms with van der Waals surface area (Å²) in [6.45, 7) is 6.09. The zero-order valence-electron chi connectivity index (χ0n) is 18.9. The number of ketones is 1. The van der Waals surface area contributed by atoms with E-state index in [-0.39, 0.29) is 5.78 Å². The first-order valence-electron chi connectivity index (χ1n) is 10.8. The number of benzene rings is 2. The van der Waals surface area contributed by atoms with Crippen LogP contribution in [0.2, 0.25) is 0 Å². The SMILES string of the molecule is C=CC(=O)Cc1cccc(Cn2nc(-c3cc4cc(C)cc(OC)c4s3)c3c(N)ncnc32)c1. The summed E-state index contributed by atoms with van der Waals surface area (Å²) in [5, 5.41) is 6.73. The summed E-state index contributed by atoms with van der Waals surface area (Å²) in [6.07, 6.45) is 3.12. The molecule has 0 bridgehead atoms. The van der Waals surface area contributed by atoms with Crippen molar-refractivity contribution in [2.75, 3.05) is 12.8 Å². The van der Waals surface area contributed by atoms with Crippen molar-refractivity contribution in [1.29, 1.82) is 0 Å². The molecule has 0 saturated heterocycles. The summed E-state index contributed by atoms with van der Waals surface area (Å²) < 4.78 is 8.50. The topological polar surface area (TPSA) is 95.9 Å². The number of nitrogen functional groups attached to an aromatic ring is 1. The predicted octanol–water partition coefficient (Wildman–Crippen LogP) is 4.95. The fourth-order valence-electron chi connectivity index (χ4n) is 4.13. The highest BCUT2D eigenvalue weighted by molar-refractivity contribution is 7.22. The van der Waals surface area contributed by atoms with Gasteiger partial charge >= 0.3 is 0 Å². The molecular weight excluding hydrogens is 446 g/mol. The summed E-state index contributed by atoms with van der Waals surface area (Å²) in [7, 11) is 1.68. The van der Waals surface area contributed by atoms with Crippen LogP contribution >= 0.6 is 11.3 Å². The van der Waals surface area contributed by atoms with Gasteiger partial charge < -0.3 is 10.5 Å². The molecule has 3 aromatic heterocycles. The number of nitrogens with two attached hydrogens (primary N) is 1. The molecule has 0 amide bonds. The van der Waals surface area contributed by atoms with Crippen molar-refractivity contribution in [3.63, 3.8) is 0 Å². The Morgan fingerprint density at radius 2 is 2.03 bits per heavy atom. The number of allylic oxidation sites excluding steroid dienone is 1. The van der Waals surface area contributed by atoms with Crippen LogP contribution in [0.1, 0.15) is 16.7 Å². The number of carbonyl (C=O) groups is 1. The Labute approximate surface area is 200 Å². The van der Waals surface area contributed by atoms with E-state index in [0.717, 1.165) is 48.5 Å². The van der Waals surface area contributed by atoms with E-state index in [0.29, 0.717) is 24.4 Å². The zero-order valence-corrected chi connectivity index (χ0v) is 19.7. The molecule has 0 aliphatic carbocycles. The minimum atomic E-state index is -0.0140. The molecule has 34 heavy (non-hydrogen) atoms. The van der Waals surface area contributed by atoms with Crippen molar-refractivity contribution in [3.8, 4) is 16.3 Å². The van der Waals surface area contributed by atoms with Gasteiger partial charge in [0, 0.05) is 6.42 Å². The smallest absolute Gasteiger partial charge is 0.164 e. The van der Waals surface area contributed by atoms with Crippen molar-refractivity contribution >= 4 is 44.1 Å². The minimum absolute atomic E-state index is 0.0140. The van der Waals surface area contributed by atoms with E-state index in [1.165, 1.54) is 12.4 Å². The monoisotopic (exact) mass is 469 g/mol. The number of carbonyl (C=O) groups excluding carboxylic acids is 1. The Morgan fingerprint density at radius 1 is 1.21 bits per heavy atom. The number of aromatic nitrogens is 4. The molecule has 2 aromatic carbocycles. The van der Waals surface area contributed by atoms with Crippen LogP contribution < -0.4 is 10.5 Å². The second-order valence-corrected chi connectivity index (χ2v) is 9.18. The Kier molecular flexibility index (Phi) is 5.59. The van der Waals surface area contributed by atoms with Gasteiger partial charge in [0.25, 0.3) is 0 Å². The third-order valence-corrected chi connectivity index (χ3v) is 6.84. The van der Waals surface area contributed by atoms with Crippen molar-refractivity contribution < 1.29 is 9.53 Å². The average Bonchev–Trinajstić information content (AvgIpc) is 3.41. The first-order valence-corrected chi connectivity index (χ1v) is 11.6. The summed E-state index contributed by atoms with van der Waals surface area (Å²) in [5.41, 5.74) is 10.8. The van der Waals surface area contributed by atoms with Crippen molar-refractivity contribution in [2.45, 2.75) is 19.9 Å². The summed E-state index contributed by atoms with van der Waals surface area (Å²) in [6, 6.07) is 14.2. The van der Waals surface area contributed by atoms with Crippen LogP contribution in [-0.2, 0) is 17.8 Å². The second-order valence-electron chi connectivity index (χ2n) is 8.13. The molecule has 7 nitrogen and oxygen atoms in total. The molecule has 0 radical (unpaired) electrons. The van der Waals surface area contributed by atoms with Crippen molar-refractivity contribution in [2.24, 2.45) is 0 Å². The largest absolute Gasteiger partial charge is 0.495 e. The lowest BCUT2D eigenvalue weighted by Gasteiger charge is -2.06. The van der Waals surface area contributed by atoms with E-state index in [4.69, 9.17) is 15.6 Å². The molecule has 5 rings (SSSR count). The second kappa shape index (κ2) is 8.72. The average molecular weight is 470 g/mol. The standard InChI is InChI=1S/C26H23N5O2S/c1-4-19(32)11-16-6-5-7-17(10-16)13-31-26-22(25(27)28-14-29-26)23(30-31)21-12-18-8-15(2)9-20(33-3)24(18)34-21/h4-10,12,14H,1,11,13H2,2-3H3,(H2,27,28,29). The van der Waals surface area contributed by atoms with E-state index >= 15 is 0 Å². The Balaban J connectivity index is 1.61. The third-order valence-electron chi connectivity index (χ3n) is 5.67. The molecule has 5 aromatic rings. The normalized spacial score (nSPS) is 11.2. The van der Waals surface area contributed by atoms with Gasteiger partial charge in [0.2, 0.25) is 0 Å². The lowest BCUT2D eigenvalue weighted by Crippen LogP contribution is -2.05. The first-order chi connectivity index (χ1) is 16.5. The lowest BCUT2D eigenvalue weighted by molar-refractivity contribution is -0.114. The van der Waals surface area contributed by atoms with Gasteiger partial charge in [-0.25, -0.2) is 14.6 Å². The van der Waals surface area contributed by atoms with E-state index in [1.807, 2.05) is 41.9 Å². The number of fused-ring (bicyclic) bond motifs is 2. The first kappa shape index (κ1) is 21.8. The number of nitrogens with zero attached hydrogens (tertiary/aromatic N) is 4. The maximum Gasteiger partial charge on any atom is 0.164 e. The maximum atomic E-state index is 11.8. The van der Waals surface area contributed by atoms with Crippen molar-refractivity contribution in [3.05, 3.63) is 78.1 Å². The molecule has 0 aliphatic heterocycles. The summed E-state index contributed by atoms with van der Waals surface area (Å²) in [4.78, 5) is 21.5. The molecule has 8 heteroatoms. The number of rotatable bonds is 7. The quantitative estimate of drug-likeness (QED) is 0.339. The summed E-state index contributed by atoms with van der Waals surface area (Å²) >= 11 is 1.61. The van der Waals surface area contributed by atoms with Gasteiger partial charge in [-0.05, 0) is 47.2 Å². The number of anilines is 1. The zero-order chi connectivity index (χ0) is 23.8. The number of aryl methyl sites for hydroxylation is 1. The molecule has 0 fully saturated rings. The number of thiophene rings is 1. The van der Waals surface area contributed by atoms with Crippen LogP contribution in [0.3, 0.4) is 0 Å². The van der Waals surface area contributed by atoms with Gasteiger partial charge in [-0.2, -0.15) is 5.10 Å². The van der Waals surface area contributed by atoms with Gasteiger partial charge in [-0.3, -0.25) is 4.79 Å². The predicted molar refractivity (Wildman–Crippen MR) is 136 cm³/mol. The number of hydrogen-bond donors (Lipinski definition) is 1. The fraction of sp³-hybridized carbons (Fsp3) is 0.154. The Morgan fingerprint density at radius 3 is 2.82 bits per heavy atom. The molecule has 2 N–H and O–H groups in total.